The van der Waals surface area contributed by atoms with Crippen molar-refractivity contribution in [2.75, 3.05) is 4.90 Å². The molecule has 0 N–H and O–H groups in total. The van der Waals surface area contributed by atoms with Crippen LogP contribution in [0.4, 0.5) is 17.1 Å². The average molecular weight is 924 g/mol. The Bertz CT molecular complexity index is 3870. The summed E-state index contributed by atoms with van der Waals surface area (Å²) in [4.78, 5) is 2.54. The van der Waals surface area contributed by atoms with Crippen molar-refractivity contribution in [2.24, 2.45) is 0 Å². The smallest absolute Gasteiger partial charge is 0.182 e. The van der Waals surface area contributed by atoms with Gasteiger partial charge in [-0.2, -0.15) is 0 Å². The van der Waals surface area contributed by atoms with Gasteiger partial charge in [0.2, 0.25) is 0 Å². The molecule has 0 unspecified atom stereocenters. The van der Waals surface area contributed by atoms with Crippen LogP contribution in [0.15, 0.2) is 277 Å². The molecule has 0 saturated heterocycles. The van der Waals surface area contributed by atoms with Gasteiger partial charge in [0.25, 0.3) is 0 Å². The largest absolute Gasteiger partial charge is 0.457 e. The van der Waals surface area contributed by atoms with Crippen molar-refractivity contribution in [3.63, 3.8) is 0 Å². The molecule has 2 aliphatic heterocycles. The van der Waals surface area contributed by atoms with Crippen molar-refractivity contribution in [3.05, 3.63) is 295 Å². The number of hydrogen-bond donors (Lipinski definition) is 0. The molecular formula is C67H45NO2Si. The summed E-state index contributed by atoms with van der Waals surface area (Å²) in [5.74, 6) is 1.73. The number of para-hydroxylation sites is 3. The number of fused-ring (bicyclic) bond motifs is 11. The molecule has 11 aromatic carbocycles. The number of ether oxygens (including phenoxy) is 1. The summed E-state index contributed by atoms with van der Waals surface area (Å²) in [6.07, 6.45) is 0. The molecule has 4 heteroatoms. The summed E-state index contributed by atoms with van der Waals surface area (Å²) in [5.41, 5.74) is 13.7. The summed E-state index contributed by atoms with van der Waals surface area (Å²) in [6.45, 7) is 0. The number of rotatable bonds is 7. The lowest BCUT2D eigenvalue weighted by Gasteiger charge is -2.52. The second-order valence-corrected chi connectivity index (χ2v) is 22.3. The van der Waals surface area contributed by atoms with Gasteiger partial charge in [-0.25, -0.2) is 0 Å². The Kier molecular flexibility index (Phi) is 9.45. The molecule has 1 aromatic heterocycles. The van der Waals surface area contributed by atoms with Gasteiger partial charge in [-0.15, -0.1) is 0 Å². The van der Waals surface area contributed by atoms with E-state index in [1.807, 2.05) is 0 Å². The number of furan rings is 1. The maximum absolute atomic E-state index is 6.92. The third-order valence-electron chi connectivity index (χ3n) is 15.1. The minimum absolute atomic E-state index is 0.747. The van der Waals surface area contributed by atoms with Crippen LogP contribution in [0.3, 0.4) is 0 Å². The normalized spacial score (nSPS) is 13.7. The van der Waals surface area contributed by atoms with Gasteiger partial charge >= 0.3 is 0 Å². The summed E-state index contributed by atoms with van der Waals surface area (Å²) >= 11 is 0. The van der Waals surface area contributed by atoms with E-state index >= 15 is 0 Å². The zero-order chi connectivity index (χ0) is 46.9. The first-order valence-corrected chi connectivity index (χ1v) is 26.4. The van der Waals surface area contributed by atoms with Gasteiger partial charge in [-0.3, -0.25) is 0 Å². The number of nitrogens with zero attached hydrogens (tertiary/aromatic N) is 1. The average Bonchev–Trinajstić information content (AvgIpc) is 3.84. The van der Waals surface area contributed by atoms with Crippen molar-refractivity contribution in [1.82, 2.24) is 0 Å². The first kappa shape index (κ1) is 41.0. The molecule has 12 aromatic rings. The van der Waals surface area contributed by atoms with E-state index < -0.39 is 13.5 Å². The molecule has 0 saturated carbocycles. The molecule has 0 radical (unpaired) electrons. The second kappa shape index (κ2) is 16.3. The van der Waals surface area contributed by atoms with Crippen LogP contribution in [-0.4, -0.2) is 8.07 Å². The van der Waals surface area contributed by atoms with Gasteiger partial charge in [0.15, 0.2) is 8.07 Å². The van der Waals surface area contributed by atoms with E-state index in [2.05, 4.69) is 278 Å². The van der Waals surface area contributed by atoms with Crippen molar-refractivity contribution >= 4 is 67.8 Å². The van der Waals surface area contributed by atoms with E-state index in [0.29, 0.717) is 0 Å². The topological polar surface area (TPSA) is 25.6 Å². The fraction of sp³-hybridized carbons (Fsp3) is 0.0149. The monoisotopic (exact) mass is 923 g/mol. The molecule has 334 valence electrons. The van der Waals surface area contributed by atoms with Crippen LogP contribution < -0.4 is 30.4 Å². The second-order valence-electron chi connectivity index (χ2n) is 18.6. The van der Waals surface area contributed by atoms with Gasteiger partial charge in [-0.05, 0) is 103 Å². The Morgan fingerprint density at radius 3 is 1.45 bits per heavy atom. The molecule has 0 amide bonds. The van der Waals surface area contributed by atoms with Crippen LogP contribution in [-0.2, 0) is 5.41 Å². The minimum Gasteiger partial charge on any atom is -0.457 e. The maximum atomic E-state index is 6.92. The zero-order valence-corrected chi connectivity index (χ0v) is 39.7. The van der Waals surface area contributed by atoms with Gasteiger partial charge in [0, 0.05) is 27.9 Å². The first-order valence-electron chi connectivity index (χ1n) is 24.4. The highest BCUT2D eigenvalue weighted by atomic mass is 28.3. The molecule has 3 nitrogen and oxygen atoms in total. The Morgan fingerprint density at radius 2 is 0.803 bits per heavy atom. The van der Waals surface area contributed by atoms with E-state index in [1.165, 1.54) is 43.0 Å². The van der Waals surface area contributed by atoms with Crippen LogP contribution in [0, 0.1) is 0 Å². The molecule has 0 aliphatic carbocycles. The van der Waals surface area contributed by atoms with E-state index in [1.54, 1.807) is 0 Å². The summed E-state index contributed by atoms with van der Waals surface area (Å²) in [7, 11) is -3.31. The Balaban J connectivity index is 1.12. The summed E-state index contributed by atoms with van der Waals surface area (Å²) in [6, 6.07) is 100. The van der Waals surface area contributed by atoms with Gasteiger partial charge in [0.1, 0.15) is 22.7 Å². The first-order chi connectivity index (χ1) is 35.2. The Morgan fingerprint density at radius 1 is 0.338 bits per heavy atom. The number of benzene rings is 11. The molecule has 3 heterocycles. The highest BCUT2D eigenvalue weighted by Crippen LogP contribution is 2.57. The van der Waals surface area contributed by atoms with Crippen molar-refractivity contribution < 1.29 is 9.15 Å². The predicted molar refractivity (Wildman–Crippen MR) is 295 cm³/mol. The highest BCUT2D eigenvalue weighted by Gasteiger charge is 2.58. The van der Waals surface area contributed by atoms with Crippen molar-refractivity contribution in [2.45, 2.75) is 5.41 Å². The minimum atomic E-state index is -3.31. The van der Waals surface area contributed by atoms with Gasteiger partial charge in [0.05, 0.1) is 16.5 Å². The molecule has 71 heavy (non-hydrogen) atoms. The third-order valence-corrected chi connectivity index (χ3v) is 20.0. The van der Waals surface area contributed by atoms with Crippen LogP contribution in [0.1, 0.15) is 22.3 Å². The van der Waals surface area contributed by atoms with E-state index in [0.717, 1.165) is 72.8 Å². The summed E-state index contributed by atoms with van der Waals surface area (Å²) in [5, 5.41) is 7.46. The van der Waals surface area contributed by atoms with Crippen molar-refractivity contribution in [3.8, 4) is 33.8 Å². The molecule has 0 bridgehead atoms. The molecule has 1 spiro atoms. The molecule has 0 fully saturated rings. The zero-order valence-electron chi connectivity index (χ0n) is 38.7. The number of hydrogen-bond acceptors (Lipinski definition) is 3. The fourth-order valence-corrected chi connectivity index (χ4v) is 17.7. The lowest BCUT2D eigenvalue weighted by Crippen LogP contribution is -2.79. The van der Waals surface area contributed by atoms with E-state index in [-0.39, 0.29) is 0 Å². The predicted octanol–water partition coefficient (Wildman–Crippen LogP) is 14.6. The van der Waals surface area contributed by atoms with Crippen LogP contribution in [0.5, 0.6) is 11.5 Å². The lowest BCUT2D eigenvalue weighted by molar-refractivity contribution is 0.435. The third kappa shape index (κ3) is 6.08. The number of anilines is 3. The quantitative estimate of drug-likeness (QED) is 0.149. The summed E-state index contributed by atoms with van der Waals surface area (Å²) < 4.78 is 13.6. The van der Waals surface area contributed by atoms with Gasteiger partial charge < -0.3 is 14.1 Å². The van der Waals surface area contributed by atoms with Crippen LogP contribution in [0.2, 0.25) is 0 Å². The van der Waals surface area contributed by atoms with Crippen LogP contribution in [0.25, 0.3) is 44.2 Å². The highest BCUT2D eigenvalue weighted by molar-refractivity contribution is 7.21. The SMILES string of the molecule is c1ccc(-c2ccc(-c3ccc(N(c4cccc5c4[Si](c4ccccc4)(c4ccccc4)c4ccccc4C54c5ccccc5Oc5ccccc54)c4cccc5oc6ccccc6c45)cc3)cc2)cc1. The fourth-order valence-electron chi connectivity index (χ4n) is 12.2. The standard InChI is InChI=1S/C67H45NO2Si/c1-4-20-46(21-5-1)47-38-40-48(41-39-47)49-42-44-50(45-43-49)68(58-31-19-36-63-65(58)53-26-10-14-33-60(53)69-63)59-32-18-30-57-66(59)71(51-22-6-2-7-23-51,52-24-8-3-9-25-52)64-37-17-13-29-56(64)67(57)54-27-11-15-34-61(54)70-62-35-16-12-28-55(62)67/h1-45H. The van der Waals surface area contributed by atoms with E-state index in [4.69, 9.17) is 9.15 Å². The van der Waals surface area contributed by atoms with Crippen LogP contribution >= 0.6 is 0 Å². The maximum Gasteiger partial charge on any atom is 0.182 e. The molecule has 0 atom stereocenters. The lowest BCUT2D eigenvalue weighted by atomic mass is 9.63. The molecular weight excluding hydrogens is 879 g/mol. The molecule has 2 aliphatic rings. The van der Waals surface area contributed by atoms with E-state index in [9.17, 15) is 0 Å². The van der Waals surface area contributed by atoms with Crippen molar-refractivity contribution in [1.29, 1.82) is 0 Å². The Hall–Kier alpha value is -8.96. The van der Waals surface area contributed by atoms with Gasteiger partial charge in [-0.1, -0.05) is 224 Å². The molecule has 14 rings (SSSR count). The Labute approximate surface area is 414 Å².